The lowest BCUT2D eigenvalue weighted by molar-refractivity contribution is -0.134. The van der Waals surface area contributed by atoms with Crippen LogP contribution in [0.4, 0.5) is 4.39 Å². The summed E-state index contributed by atoms with van der Waals surface area (Å²) in [5.74, 6) is -0.380. The molecule has 19 heavy (non-hydrogen) atoms. The molecule has 0 radical (unpaired) electrons. The third-order valence-electron chi connectivity index (χ3n) is 2.57. The minimum atomic E-state index is -1.08. The second-order valence-corrected chi connectivity index (χ2v) is 3.98. The number of ether oxygens (including phenoxy) is 2. The highest BCUT2D eigenvalue weighted by atomic mass is 19.1. The summed E-state index contributed by atoms with van der Waals surface area (Å²) in [5, 5.41) is 9.83. The van der Waals surface area contributed by atoms with Gasteiger partial charge in [-0.2, -0.15) is 0 Å². The van der Waals surface area contributed by atoms with E-state index in [4.69, 9.17) is 14.1 Å². The third-order valence-corrected chi connectivity index (χ3v) is 2.57. The lowest BCUT2D eigenvalue weighted by Gasteiger charge is -2.16. The Morgan fingerprint density at radius 3 is 2.63 bits per heavy atom. The van der Waals surface area contributed by atoms with Crippen LogP contribution in [-0.4, -0.2) is 31.6 Å². The Balaban J connectivity index is 2.76. The molecule has 0 saturated heterocycles. The van der Waals surface area contributed by atoms with Gasteiger partial charge < -0.3 is 19.2 Å². The van der Waals surface area contributed by atoms with Crippen molar-refractivity contribution in [3.8, 4) is 0 Å². The Bertz CT molecular complexity index is 389. The molecule has 0 spiro atoms. The fourth-order valence-corrected chi connectivity index (χ4v) is 1.68. The van der Waals surface area contributed by atoms with Crippen LogP contribution >= 0.6 is 0 Å². The van der Waals surface area contributed by atoms with E-state index in [0.29, 0.717) is 24.2 Å². The fourth-order valence-electron chi connectivity index (χ4n) is 1.68. The molecule has 4 nitrogen and oxygen atoms in total. The molecule has 0 aliphatic heterocycles. The predicted molar refractivity (Wildman–Crippen MR) is 71.5 cm³/mol. The summed E-state index contributed by atoms with van der Waals surface area (Å²) in [5.41, 5.74) is 1.06. The Kier molecular flexibility index (Phi) is 7.01. The van der Waals surface area contributed by atoms with E-state index in [1.165, 1.54) is 18.2 Å². The first-order chi connectivity index (χ1) is 9.08. The van der Waals surface area contributed by atoms with Crippen molar-refractivity contribution >= 4 is 12.6 Å². The average molecular weight is 270 g/mol. The summed E-state index contributed by atoms with van der Waals surface area (Å²) in [4.78, 5) is 0. The molecular weight excluding hydrogens is 250 g/mol. The van der Waals surface area contributed by atoms with E-state index in [0.717, 1.165) is 0 Å². The van der Waals surface area contributed by atoms with Crippen LogP contribution in [0.1, 0.15) is 26.3 Å². The Morgan fingerprint density at radius 2 is 2.00 bits per heavy atom. The summed E-state index contributed by atoms with van der Waals surface area (Å²) in [7, 11) is -1.08. The van der Waals surface area contributed by atoms with Crippen molar-refractivity contribution in [1.82, 2.24) is 0 Å². The molecule has 1 aromatic carbocycles. The van der Waals surface area contributed by atoms with Crippen molar-refractivity contribution < 1.29 is 23.5 Å². The van der Waals surface area contributed by atoms with Crippen LogP contribution in [0.5, 0.6) is 0 Å². The lowest BCUT2D eigenvalue weighted by atomic mass is 9.76. The Hall–Kier alpha value is -0.945. The van der Waals surface area contributed by atoms with Crippen molar-refractivity contribution in [1.29, 1.82) is 0 Å². The van der Waals surface area contributed by atoms with Crippen LogP contribution in [-0.2, 0) is 20.7 Å². The molecular formula is C13H20BFO4. The topological polar surface area (TPSA) is 47.9 Å². The van der Waals surface area contributed by atoms with Crippen LogP contribution in [0.2, 0.25) is 0 Å². The van der Waals surface area contributed by atoms with E-state index >= 15 is 0 Å². The van der Waals surface area contributed by atoms with Gasteiger partial charge in [-0.05, 0) is 43.9 Å². The Morgan fingerprint density at radius 1 is 1.26 bits per heavy atom. The maximum atomic E-state index is 13.3. The summed E-state index contributed by atoms with van der Waals surface area (Å²) in [6.45, 7) is 6.47. The van der Waals surface area contributed by atoms with Crippen LogP contribution in [0.15, 0.2) is 18.2 Å². The standard InChI is InChI=1S/C13H20BFO4/c1-4-17-10(3)18-9-11-8-12(15)6-7-13(11)14(16)19-5-2/h6-8,10,16H,4-5,9H2,1-3H3. The van der Waals surface area contributed by atoms with Crippen molar-refractivity contribution in [3.63, 3.8) is 0 Å². The minimum Gasteiger partial charge on any atom is -0.423 e. The molecule has 0 bridgehead atoms. The molecule has 6 heteroatoms. The van der Waals surface area contributed by atoms with Crippen molar-refractivity contribution in [3.05, 3.63) is 29.6 Å². The fraction of sp³-hybridized carbons (Fsp3) is 0.538. The molecule has 0 aliphatic rings. The van der Waals surface area contributed by atoms with Gasteiger partial charge in [0.2, 0.25) is 0 Å². The van der Waals surface area contributed by atoms with Gasteiger partial charge >= 0.3 is 7.12 Å². The minimum absolute atomic E-state index is 0.151. The molecule has 0 saturated carbocycles. The molecule has 1 aromatic rings. The van der Waals surface area contributed by atoms with Crippen LogP contribution < -0.4 is 5.46 Å². The highest BCUT2D eigenvalue weighted by molar-refractivity contribution is 6.60. The highest BCUT2D eigenvalue weighted by Gasteiger charge is 2.20. The molecule has 1 rings (SSSR count). The van der Waals surface area contributed by atoms with Gasteiger partial charge in [0.15, 0.2) is 6.29 Å². The van der Waals surface area contributed by atoms with Crippen molar-refractivity contribution in [2.24, 2.45) is 0 Å². The SMILES string of the molecule is CCOB(O)c1ccc(F)cc1COC(C)OCC. The van der Waals surface area contributed by atoms with E-state index in [1.807, 2.05) is 6.92 Å². The third kappa shape index (κ3) is 5.28. The van der Waals surface area contributed by atoms with Crippen LogP contribution in [0, 0.1) is 5.82 Å². The molecule has 0 aliphatic carbocycles. The summed E-state index contributed by atoms with van der Waals surface area (Å²) >= 11 is 0. The number of rotatable bonds is 8. The number of hydrogen-bond acceptors (Lipinski definition) is 4. The van der Waals surface area contributed by atoms with Gasteiger partial charge in [0.05, 0.1) is 6.61 Å². The number of benzene rings is 1. The van der Waals surface area contributed by atoms with Gasteiger partial charge in [-0.3, -0.25) is 0 Å². The quantitative estimate of drug-likeness (QED) is 0.573. The summed E-state index contributed by atoms with van der Waals surface area (Å²) in [6, 6.07) is 4.11. The molecule has 1 N–H and O–H groups in total. The van der Waals surface area contributed by atoms with E-state index in [1.54, 1.807) is 13.8 Å². The predicted octanol–water partition coefficient (Wildman–Crippen LogP) is 1.45. The van der Waals surface area contributed by atoms with Crippen LogP contribution in [0.3, 0.4) is 0 Å². The molecule has 106 valence electrons. The second kappa shape index (κ2) is 8.27. The normalized spacial score (nSPS) is 12.5. The zero-order valence-corrected chi connectivity index (χ0v) is 11.6. The van der Waals surface area contributed by atoms with Gasteiger partial charge in [-0.25, -0.2) is 4.39 Å². The summed E-state index contributed by atoms with van der Waals surface area (Å²) < 4.78 is 29.0. The lowest BCUT2D eigenvalue weighted by Crippen LogP contribution is -2.37. The maximum Gasteiger partial charge on any atom is 0.491 e. The monoisotopic (exact) mass is 270 g/mol. The molecule has 1 atom stereocenters. The largest absolute Gasteiger partial charge is 0.491 e. The number of hydrogen-bond donors (Lipinski definition) is 1. The van der Waals surface area contributed by atoms with Crippen LogP contribution in [0.25, 0.3) is 0 Å². The first kappa shape index (κ1) is 16.1. The first-order valence-corrected chi connectivity index (χ1v) is 6.39. The molecule has 0 heterocycles. The maximum absolute atomic E-state index is 13.3. The van der Waals surface area contributed by atoms with Gasteiger partial charge in [0.25, 0.3) is 0 Å². The average Bonchev–Trinajstić information content (AvgIpc) is 2.37. The Labute approximate surface area is 113 Å². The molecule has 0 aromatic heterocycles. The second-order valence-electron chi connectivity index (χ2n) is 3.98. The van der Waals surface area contributed by atoms with Gasteiger partial charge in [0, 0.05) is 13.2 Å². The van der Waals surface area contributed by atoms with Crippen molar-refractivity contribution in [2.75, 3.05) is 13.2 Å². The highest BCUT2D eigenvalue weighted by Crippen LogP contribution is 2.07. The van der Waals surface area contributed by atoms with Crippen molar-refractivity contribution in [2.45, 2.75) is 33.7 Å². The van der Waals surface area contributed by atoms with Gasteiger partial charge in [-0.1, -0.05) is 6.07 Å². The molecule has 0 fully saturated rings. The smallest absolute Gasteiger partial charge is 0.423 e. The molecule has 1 unspecified atom stereocenters. The van der Waals surface area contributed by atoms with E-state index in [2.05, 4.69) is 0 Å². The first-order valence-electron chi connectivity index (χ1n) is 6.39. The zero-order chi connectivity index (χ0) is 14.3. The number of halogens is 1. The zero-order valence-electron chi connectivity index (χ0n) is 11.6. The van der Waals surface area contributed by atoms with E-state index < -0.39 is 7.12 Å². The van der Waals surface area contributed by atoms with Gasteiger partial charge in [0.1, 0.15) is 5.82 Å². The molecule has 0 amide bonds. The summed E-state index contributed by atoms with van der Waals surface area (Å²) in [6.07, 6.45) is -0.384. The van der Waals surface area contributed by atoms with Gasteiger partial charge in [-0.15, -0.1) is 0 Å². The van der Waals surface area contributed by atoms with E-state index in [-0.39, 0.29) is 18.7 Å². The van der Waals surface area contributed by atoms with E-state index in [9.17, 15) is 9.41 Å².